The molecule has 0 atom stereocenters. The van der Waals surface area contributed by atoms with E-state index in [0.717, 1.165) is 56.7 Å². The molecule has 3 aromatic heterocycles. The number of allylic oxidation sites excluding steroid dienone is 2. The maximum atomic E-state index is 6.27. The number of nitrogen functional groups attached to an aromatic ring is 1. The molecule has 0 saturated heterocycles. The summed E-state index contributed by atoms with van der Waals surface area (Å²) in [4.78, 5) is 13.9. The maximum absolute atomic E-state index is 6.27. The van der Waals surface area contributed by atoms with Gasteiger partial charge in [0.2, 0.25) is 5.95 Å². The lowest BCUT2D eigenvalue weighted by molar-refractivity contribution is 0.566. The van der Waals surface area contributed by atoms with Gasteiger partial charge in [-0.3, -0.25) is 0 Å². The monoisotopic (exact) mass is 430 g/mol. The average Bonchev–Trinajstić information content (AvgIpc) is 3.46. The number of nitrogens with one attached hydrogen (secondary N) is 1. The first-order valence-corrected chi connectivity index (χ1v) is 11.3. The molecule has 0 bridgehead atoms. The lowest BCUT2D eigenvalue weighted by Crippen LogP contribution is -2.09. The molecule has 4 aromatic rings. The third-order valence-electron chi connectivity index (χ3n) is 5.29. The second-order valence-corrected chi connectivity index (χ2v) is 7.71. The quantitative estimate of drug-likeness (QED) is 0.242. The Hall–Kier alpha value is -3.61. The summed E-state index contributed by atoms with van der Waals surface area (Å²) in [5.74, 6) is 2.33. The summed E-state index contributed by atoms with van der Waals surface area (Å²) in [5.41, 5.74) is 8.93. The van der Waals surface area contributed by atoms with Crippen molar-refractivity contribution in [1.82, 2.24) is 19.5 Å². The molecule has 3 N–H and O–H groups in total. The zero-order valence-corrected chi connectivity index (χ0v) is 18.5. The zero-order chi connectivity index (χ0) is 22.2. The van der Waals surface area contributed by atoms with E-state index >= 15 is 0 Å². The topological polar surface area (TPSA) is 94.8 Å². The fourth-order valence-electron chi connectivity index (χ4n) is 3.70. The summed E-state index contributed by atoms with van der Waals surface area (Å²) in [7, 11) is 0. The number of anilines is 2. The van der Waals surface area contributed by atoms with E-state index in [1.807, 2.05) is 18.2 Å². The van der Waals surface area contributed by atoms with Crippen LogP contribution < -0.4 is 11.1 Å². The molecule has 0 radical (unpaired) electrons. The summed E-state index contributed by atoms with van der Waals surface area (Å²) in [6, 6.07) is 14.2. The summed E-state index contributed by atoms with van der Waals surface area (Å²) in [6.07, 6.45) is 11.1. The number of fused-ring (bicyclic) bond motifs is 1. The van der Waals surface area contributed by atoms with Crippen LogP contribution in [0.15, 0.2) is 65.3 Å². The van der Waals surface area contributed by atoms with Crippen molar-refractivity contribution in [2.45, 2.75) is 45.6 Å². The van der Waals surface area contributed by atoms with Crippen molar-refractivity contribution in [3.63, 3.8) is 0 Å². The summed E-state index contributed by atoms with van der Waals surface area (Å²) < 4.78 is 7.71. The van der Waals surface area contributed by atoms with Gasteiger partial charge in [-0.15, -0.1) is 0 Å². The highest BCUT2D eigenvalue weighted by Gasteiger charge is 2.19. The Morgan fingerprint density at radius 3 is 2.69 bits per heavy atom. The van der Waals surface area contributed by atoms with E-state index in [2.05, 4.69) is 58.2 Å². The minimum Gasteiger partial charge on any atom is -0.461 e. The van der Waals surface area contributed by atoms with Crippen molar-refractivity contribution in [1.29, 1.82) is 0 Å². The van der Waals surface area contributed by atoms with Crippen LogP contribution in [0, 0.1) is 0 Å². The van der Waals surface area contributed by atoms with Gasteiger partial charge in [0.05, 0.1) is 6.26 Å². The van der Waals surface area contributed by atoms with Gasteiger partial charge in [-0.05, 0) is 49.8 Å². The Balaban J connectivity index is 1.53. The normalized spacial score (nSPS) is 11.5. The fourth-order valence-corrected chi connectivity index (χ4v) is 3.70. The number of nitrogens with zero attached hydrogens (tertiary/aromatic N) is 4. The zero-order valence-electron chi connectivity index (χ0n) is 18.5. The van der Waals surface area contributed by atoms with Crippen LogP contribution in [0.1, 0.15) is 38.2 Å². The molecule has 3 heterocycles. The van der Waals surface area contributed by atoms with Crippen LogP contribution in [-0.4, -0.2) is 26.1 Å². The number of hydrogen-bond acceptors (Lipinski definition) is 6. The molecule has 0 spiro atoms. The Bertz CT molecular complexity index is 1150. The first-order chi connectivity index (χ1) is 15.8. The Morgan fingerprint density at radius 1 is 1.03 bits per heavy atom. The first-order valence-electron chi connectivity index (χ1n) is 11.3. The molecule has 0 aliphatic heterocycles. The van der Waals surface area contributed by atoms with Crippen molar-refractivity contribution in [2.24, 2.45) is 0 Å². The second-order valence-electron chi connectivity index (χ2n) is 7.71. The molecular weight excluding hydrogens is 400 g/mol. The number of nitrogens with two attached hydrogens (primary N) is 1. The fraction of sp³-hybridized carbons (Fsp3) is 0.320. The predicted molar refractivity (Wildman–Crippen MR) is 129 cm³/mol. The van der Waals surface area contributed by atoms with Crippen molar-refractivity contribution >= 4 is 22.9 Å². The molecular formula is C25H30N6O. The minimum absolute atomic E-state index is 0.373. The summed E-state index contributed by atoms with van der Waals surface area (Å²) in [5, 5.41) is 3.33. The number of aromatic nitrogens is 4. The van der Waals surface area contributed by atoms with Crippen LogP contribution in [0.4, 0.5) is 11.8 Å². The van der Waals surface area contributed by atoms with E-state index in [9.17, 15) is 0 Å². The third kappa shape index (κ3) is 5.17. The molecule has 0 aliphatic rings. The lowest BCUT2D eigenvalue weighted by atomic mass is 10.1. The number of rotatable bonds is 11. The molecule has 1 aromatic carbocycles. The Kier molecular flexibility index (Phi) is 7.17. The number of benzene rings is 1. The predicted octanol–water partition coefficient (Wildman–Crippen LogP) is 5.46. The molecule has 7 nitrogen and oxygen atoms in total. The number of furan rings is 1. The van der Waals surface area contributed by atoms with Crippen LogP contribution >= 0.6 is 0 Å². The highest BCUT2D eigenvalue weighted by molar-refractivity contribution is 5.86. The van der Waals surface area contributed by atoms with Crippen LogP contribution in [0.25, 0.3) is 22.7 Å². The molecule has 32 heavy (non-hydrogen) atoms. The van der Waals surface area contributed by atoms with Gasteiger partial charge in [-0.1, -0.05) is 49.4 Å². The first kappa shape index (κ1) is 21.6. The van der Waals surface area contributed by atoms with Gasteiger partial charge in [0.15, 0.2) is 28.6 Å². The van der Waals surface area contributed by atoms with Gasteiger partial charge in [0.25, 0.3) is 0 Å². The van der Waals surface area contributed by atoms with Gasteiger partial charge in [-0.2, -0.15) is 9.97 Å². The van der Waals surface area contributed by atoms with Crippen molar-refractivity contribution in [3.8, 4) is 11.6 Å². The van der Waals surface area contributed by atoms with E-state index in [0.29, 0.717) is 23.0 Å². The van der Waals surface area contributed by atoms with Crippen molar-refractivity contribution in [2.75, 3.05) is 17.6 Å². The molecule has 4 rings (SSSR count). The van der Waals surface area contributed by atoms with Crippen LogP contribution in [0.2, 0.25) is 0 Å². The minimum atomic E-state index is 0.373. The van der Waals surface area contributed by atoms with Gasteiger partial charge >= 0.3 is 0 Å². The number of aryl methyl sites for hydroxylation is 2. The van der Waals surface area contributed by atoms with Gasteiger partial charge in [-0.25, -0.2) is 4.98 Å². The Morgan fingerprint density at radius 2 is 1.91 bits per heavy atom. The van der Waals surface area contributed by atoms with Crippen molar-refractivity contribution < 1.29 is 4.42 Å². The lowest BCUT2D eigenvalue weighted by Gasteiger charge is -2.09. The maximum Gasteiger partial charge on any atom is 0.226 e. The van der Waals surface area contributed by atoms with E-state index in [1.54, 1.807) is 6.26 Å². The molecule has 0 aliphatic carbocycles. The second kappa shape index (κ2) is 10.6. The highest BCUT2D eigenvalue weighted by atomic mass is 16.3. The smallest absolute Gasteiger partial charge is 0.226 e. The number of imidazole rings is 1. The molecule has 7 heteroatoms. The Labute approximate surface area is 188 Å². The molecule has 0 amide bonds. The highest BCUT2D eigenvalue weighted by Crippen LogP contribution is 2.28. The van der Waals surface area contributed by atoms with Crippen LogP contribution in [0.3, 0.4) is 0 Å². The number of hydrogen-bond donors (Lipinski definition) is 2. The van der Waals surface area contributed by atoms with E-state index in [4.69, 9.17) is 20.1 Å². The molecule has 0 unspecified atom stereocenters. The van der Waals surface area contributed by atoms with Crippen LogP contribution in [-0.2, 0) is 13.0 Å². The third-order valence-corrected chi connectivity index (χ3v) is 5.29. The largest absolute Gasteiger partial charge is 0.461 e. The van der Waals surface area contributed by atoms with Crippen LogP contribution in [0.5, 0.6) is 0 Å². The van der Waals surface area contributed by atoms with Gasteiger partial charge in [0, 0.05) is 13.1 Å². The van der Waals surface area contributed by atoms with Gasteiger partial charge in [0.1, 0.15) is 0 Å². The summed E-state index contributed by atoms with van der Waals surface area (Å²) in [6.45, 7) is 3.67. The van der Waals surface area contributed by atoms with E-state index in [-0.39, 0.29) is 0 Å². The molecule has 0 saturated carbocycles. The summed E-state index contributed by atoms with van der Waals surface area (Å²) >= 11 is 0. The SMILES string of the molecule is CC/C=C/CCCn1c(-c2ccco2)nc2c(N)nc(NCCCc3ccccc3)nc21. The van der Waals surface area contributed by atoms with Gasteiger partial charge < -0.3 is 20.0 Å². The average molecular weight is 431 g/mol. The van der Waals surface area contributed by atoms with E-state index in [1.165, 1.54) is 5.56 Å². The molecule has 0 fully saturated rings. The standard InChI is InChI=1S/C25H30N6O/c1-2-3-4-5-9-17-31-23(20-15-11-18-32-20)28-21-22(26)29-25(30-24(21)31)27-16-10-14-19-12-7-6-8-13-19/h3-4,6-8,11-13,15,18H,2,5,9-10,14,16-17H2,1H3,(H3,26,27,29,30)/b4-3+. The molecule has 166 valence electrons. The van der Waals surface area contributed by atoms with E-state index < -0.39 is 0 Å². The number of unbranched alkanes of at least 4 members (excludes halogenated alkanes) is 1. The van der Waals surface area contributed by atoms with Crippen molar-refractivity contribution in [3.05, 3.63) is 66.4 Å².